The number of aromatic nitrogens is 1. The smallest absolute Gasteiger partial charge is 0.150 e. The van der Waals surface area contributed by atoms with Crippen molar-refractivity contribution in [2.75, 3.05) is 26.2 Å². The van der Waals surface area contributed by atoms with Gasteiger partial charge in [-0.2, -0.15) is 0 Å². The fraction of sp³-hybridized carbons (Fsp3) is 0.483. The van der Waals surface area contributed by atoms with E-state index in [1.54, 1.807) is 0 Å². The monoisotopic (exact) mass is 441 g/mol. The van der Waals surface area contributed by atoms with E-state index in [0.717, 1.165) is 58.4 Å². The molecule has 0 saturated carbocycles. The minimum atomic E-state index is -0.167. The van der Waals surface area contributed by atoms with Crippen molar-refractivity contribution in [1.29, 1.82) is 0 Å². The number of hydrogen-bond acceptors (Lipinski definition) is 3. The van der Waals surface area contributed by atoms with Crippen molar-refractivity contribution < 1.29 is 4.79 Å². The largest absolute Gasteiger partial charge is 0.343 e. The highest BCUT2D eigenvalue weighted by Crippen LogP contribution is 2.56. The number of fused-ring (bicyclic) bond motifs is 1. The SMILES string of the molecule is CCCC12CN3CC(CCC)(CN(C1)C3c1cn(Cc3ccccc3)c3ccccc13)C2=O. The maximum atomic E-state index is 13.8. The summed E-state index contributed by atoms with van der Waals surface area (Å²) in [6, 6.07) is 19.6. The van der Waals surface area contributed by atoms with Crippen molar-refractivity contribution in [1.82, 2.24) is 14.4 Å². The molecule has 4 aliphatic rings. The van der Waals surface area contributed by atoms with E-state index in [2.05, 4.69) is 89.0 Å². The highest BCUT2D eigenvalue weighted by Gasteiger charge is 2.64. The normalized spacial score (nSPS) is 32.7. The van der Waals surface area contributed by atoms with Crippen LogP contribution >= 0.6 is 0 Å². The molecule has 4 nitrogen and oxygen atoms in total. The number of Topliss-reactive ketones (excluding diaryl/α,β-unsaturated/α-hetero) is 1. The van der Waals surface area contributed by atoms with Crippen LogP contribution in [0.15, 0.2) is 60.8 Å². The lowest BCUT2D eigenvalue weighted by Gasteiger charge is -2.66. The first-order chi connectivity index (χ1) is 16.1. The van der Waals surface area contributed by atoms with E-state index in [9.17, 15) is 4.79 Å². The van der Waals surface area contributed by atoms with Gasteiger partial charge in [-0.05, 0) is 24.5 Å². The van der Waals surface area contributed by atoms with Gasteiger partial charge >= 0.3 is 0 Å². The Labute approximate surface area is 197 Å². The molecule has 4 saturated heterocycles. The van der Waals surface area contributed by atoms with Gasteiger partial charge in [0.25, 0.3) is 0 Å². The molecule has 2 aromatic carbocycles. The summed E-state index contributed by atoms with van der Waals surface area (Å²) < 4.78 is 2.42. The van der Waals surface area contributed by atoms with Gasteiger partial charge in [0.05, 0.1) is 17.0 Å². The summed E-state index contributed by atoms with van der Waals surface area (Å²) >= 11 is 0. The summed E-state index contributed by atoms with van der Waals surface area (Å²) in [4.78, 5) is 19.1. The van der Waals surface area contributed by atoms with E-state index >= 15 is 0 Å². The van der Waals surface area contributed by atoms with Crippen molar-refractivity contribution in [2.45, 2.75) is 52.2 Å². The molecule has 5 heterocycles. The third-order valence-corrected chi connectivity index (χ3v) is 8.43. The molecule has 4 fully saturated rings. The summed E-state index contributed by atoms with van der Waals surface area (Å²) in [7, 11) is 0. The minimum Gasteiger partial charge on any atom is -0.343 e. The summed E-state index contributed by atoms with van der Waals surface area (Å²) in [6.07, 6.45) is 6.87. The molecular weight excluding hydrogens is 406 g/mol. The molecule has 7 rings (SSSR count). The molecule has 4 aliphatic heterocycles. The maximum Gasteiger partial charge on any atom is 0.150 e. The molecule has 0 N–H and O–H groups in total. The van der Waals surface area contributed by atoms with Crippen molar-refractivity contribution in [3.63, 3.8) is 0 Å². The first-order valence-electron chi connectivity index (χ1n) is 12.7. The molecule has 0 aliphatic carbocycles. The maximum absolute atomic E-state index is 13.8. The zero-order valence-corrected chi connectivity index (χ0v) is 20.0. The zero-order chi connectivity index (χ0) is 22.6. The number of carbonyl (C=O) groups excluding carboxylic acids is 1. The topological polar surface area (TPSA) is 28.5 Å². The van der Waals surface area contributed by atoms with Gasteiger partial charge in [-0.1, -0.05) is 75.2 Å². The van der Waals surface area contributed by atoms with E-state index in [-0.39, 0.29) is 17.0 Å². The molecule has 172 valence electrons. The number of nitrogens with zero attached hydrogens (tertiary/aromatic N) is 3. The van der Waals surface area contributed by atoms with Crippen LogP contribution in [-0.4, -0.2) is 46.3 Å². The van der Waals surface area contributed by atoms with Crippen molar-refractivity contribution in [3.05, 3.63) is 71.9 Å². The molecular formula is C29H35N3O. The van der Waals surface area contributed by atoms with Crippen LogP contribution in [0.2, 0.25) is 0 Å². The fourth-order valence-electron chi connectivity index (χ4n) is 7.48. The predicted molar refractivity (Wildman–Crippen MR) is 133 cm³/mol. The van der Waals surface area contributed by atoms with Crippen LogP contribution in [0.5, 0.6) is 0 Å². The van der Waals surface area contributed by atoms with Crippen LogP contribution in [0.4, 0.5) is 0 Å². The molecule has 3 aromatic rings. The first kappa shape index (κ1) is 21.1. The second-order valence-electron chi connectivity index (χ2n) is 10.8. The van der Waals surface area contributed by atoms with E-state index < -0.39 is 0 Å². The van der Waals surface area contributed by atoms with Crippen molar-refractivity contribution >= 4 is 16.7 Å². The number of piperidine rings is 2. The summed E-state index contributed by atoms with van der Waals surface area (Å²) in [6.45, 7) is 9.03. The van der Waals surface area contributed by atoms with Gasteiger partial charge in [-0.15, -0.1) is 0 Å². The molecule has 0 spiro atoms. The number of ketones is 1. The van der Waals surface area contributed by atoms with E-state index in [1.807, 2.05) is 0 Å². The number of para-hydroxylation sites is 1. The highest BCUT2D eigenvalue weighted by atomic mass is 16.1. The Kier molecular flexibility index (Phi) is 5.00. The Balaban J connectivity index is 1.42. The Morgan fingerprint density at radius 3 is 2.00 bits per heavy atom. The average molecular weight is 442 g/mol. The molecule has 0 amide bonds. The van der Waals surface area contributed by atoms with E-state index in [0.29, 0.717) is 5.78 Å². The number of carbonyl (C=O) groups is 1. The van der Waals surface area contributed by atoms with Crippen molar-refractivity contribution in [3.8, 4) is 0 Å². The van der Waals surface area contributed by atoms with Crippen LogP contribution < -0.4 is 0 Å². The molecule has 1 aromatic heterocycles. The average Bonchev–Trinajstić information content (AvgIpc) is 3.16. The number of hydrogen-bond donors (Lipinski definition) is 0. The van der Waals surface area contributed by atoms with Crippen LogP contribution in [0.3, 0.4) is 0 Å². The van der Waals surface area contributed by atoms with Gasteiger partial charge in [-0.25, -0.2) is 0 Å². The zero-order valence-electron chi connectivity index (χ0n) is 20.0. The van der Waals surface area contributed by atoms with Gasteiger partial charge < -0.3 is 4.57 Å². The Morgan fingerprint density at radius 1 is 0.818 bits per heavy atom. The summed E-state index contributed by atoms with van der Waals surface area (Å²) in [5.74, 6) is 0.580. The quantitative estimate of drug-likeness (QED) is 0.486. The predicted octanol–water partition coefficient (Wildman–Crippen LogP) is 5.48. The number of rotatable bonds is 7. The molecule has 4 heteroatoms. The van der Waals surface area contributed by atoms with E-state index in [4.69, 9.17) is 0 Å². The Bertz CT molecular complexity index is 1140. The summed E-state index contributed by atoms with van der Waals surface area (Å²) in [5, 5.41) is 1.35. The third kappa shape index (κ3) is 3.14. The molecule has 4 bridgehead atoms. The van der Waals surface area contributed by atoms with Gasteiger partial charge in [0.15, 0.2) is 0 Å². The lowest BCUT2D eigenvalue weighted by atomic mass is 9.57. The van der Waals surface area contributed by atoms with Crippen LogP contribution in [0, 0.1) is 10.8 Å². The van der Waals surface area contributed by atoms with Gasteiger partial charge in [0.1, 0.15) is 5.78 Å². The fourth-order valence-corrected chi connectivity index (χ4v) is 7.48. The molecule has 0 atom stereocenters. The lowest BCUT2D eigenvalue weighted by molar-refractivity contribution is -0.205. The molecule has 0 radical (unpaired) electrons. The Morgan fingerprint density at radius 2 is 1.39 bits per heavy atom. The molecule has 33 heavy (non-hydrogen) atoms. The summed E-state index contributed by atoms with van der Waals surface area (Å²) in [5.41, 5.74) is 3.70. The highest BCUT2D eigenvalue weighted by molar-refractivity contribution is 5.93. The second kappa shape index (κ2) is 7.82. The lowest BCUT2D eigenvalue weighted by Crippen LogP contribution is -2.76. The van der Waals surface area contributed by atoms with Gasteiger partial charge in [-0.3, -0.25) is 14.6 Å². The van der Waals surface area contributed by atoms with Gasteiger partial charge in [0, 0.05) is 55.4 Å². The first-order valence-corrected chi connectivity index (χ1v) is 12.7. The minimum absolute atomic E-state index is 0.167. The van der Waals surface area contributed by atoms with Crippen LogP contribution in [-0.2, 0) is 11.3 Å². The third-order valence-electron chi connectivity index (χ3n) is 8.43. The standard InChI is InChI=1S/C29H35N3O/c1-3-14-28-18-31-20-29(15-4-2,27(28)33)21-32(19-28)26(31)24-17-30(16-22-10-6-5-7-11-22)25-13-9-8-12-23(24)25/h5-13,17,26H,3-4,14-16,18-21H2,1-2H3. The van der Waals surface area contributed by atoms with E-state index in [1.165, 1.54) is 22.0 Å². The van der Waals surface area contributed by atoms with Crippen molar-refractivity contribution in [2.24, 2.45) is 10.8 Å². The van der Waals surface area contributed by atoms with Crippen LogP contribution in [0.25, 0.3) is 10.9 Å². The van der Waals surface area contributed by atoms with Gasteiger partial charge in [0.2, 0.25) is 0 Å². The second-order valence-corrected chi connectivity index (χ2v) is 10.8. The Hall–Kier alpha value is -2.43. The number of benzene rings is 2. The molecule has 0 unspecified atom stereocenters. The van der Waals surface area contributed by atoms with Crippen LogP contribution in [0.1, 0.15) is 56.8 Å².